The zero-order chi connectivity index (χ0) is 21.5. The highest BCUT2D eigenvalue weighted by Gasteiger charge is 2.35. The molecule has 1 aliphatic heterocycles. The van der Waals surface area contributed by atoms with Gasteiger partial charge in [0.25, 0.3) is 17.7 Å². The van der Waals surface area contributed by atoms with Crippen LogP contribution in [0.3, 0.4) is 0 Å². The van der Waals surface area contributed by atoms with E-state index in [9.17, 15) is 19.2 Å². The minimum absolute atomic E-state index is 0.0966. The highest BCUT2D eigenvalue weighted by atomic mass is 16.5. The Balaban J connectivity index is 1.37. The molecule has 0 aliphatic carbocycles. The summed E-state index contributed by atoms with van der Waals surface area (Å²) < 4.78 is 10.2. The van der Waals surface area contributed by atoms with Crippen LogP contribution in [0, 0.1) is 0 Å². The van der Waals surface area contributed by atoms with Crippen LogP contribution in [-0.2, 0) is 20.7 Å². The molecule has 0 unspecified atom stereocenters. The Hall–Kier alpha value is -3.68. The Kier molecular flexibility index (Phi) is 6.79. The normalized spacial score (nSPS) is 12.5. The van der Waals surface area contributed by atoms with Gasteiger partial charge in [-0.2, -0.15) is 0 Å². The number of hydrogen-bond acceptors (Lipinski definition) is 6. The number of fused-ring (bicyclic) bond motifs is 1. The molecule has 8 nitrogen and oxygen atoms in total. The fraction of sp³-hybridized carbons (Fsp3) is 0.273. The average molecular weight is 410 g/mol. The van der Waals surface area contributed by atoms with Crippen LogP contribution in [0.5, 0.6) is 5.75 Å². The smallest absolute Gasteiger partial charge is 0.308 e. The van der Waals surface area contributed by atoms with Gasteiger partial charge in [0, 0.05) is 13.1 Å². The van der Waals surface area contributed by atoms with Gasteiger partial charge in [0.1, 0.15) is 5.75 Å². The summed E-state index contributed by atoms with van der Waals surface area (Å²) in [5.41, 5.74) is 1.61. The van der Waals surface area contributed by atoms with E-state index < -0.39 is 30.3 Å². The van der Waals surface area contributed by atoms with Crippen molar-refractivity contribution in [2.45, 2.75) is 12.8 Å². The second-order valence-corrected chi connectivity index (χ2v) is 6.63. The standard InChI is InChI=1S/C22H22N2O6/c1-29-18-9-5-2-6-15(18)10-12-23-19(25)14-30-20(26)11-13-24-21(27)16-7-3-4-8-17(16)22(24)28/h2-9H,10-14H2,1H3,(H,23,25). The monoisotopic (exact) mass is 410 g/mol. The number of methoxy groups -OCH3 is 1. The molecular weight excluding hydrogens is 388 g/mol. The topological polar surface area (TPSA) is 102 Å². The second kappa shape index (κ2) is 9.69. The Labute approximate surface area is 173 Å². The molecule has 3 rings (SSSR count). The summed E-state index contributed by atoms with van der Waals surface area (Å²) in [6.45, 7) is -0.153. The number of carbonyl (C=O) groups excluding carboxylic acids is 4. The van der Waals surface area contributed by atoms with Gasteiger partial charge in [-0.1, -0.05) is 30.3 Å². The van der Waals surface area contributed by atoms with Crippen LogP contribution in [0.25, 0.3) is 0 Å². The number of carbonyl (C=O) groups is 4. The number of para-hydroxylation sites is 1. The molecule has 1 aliphatic rings. The van der Waals surface area contributed by atoms with Gasteiger partial charge in [-0.15, -0.1) is 0 Å². The quantitative estimate of drug-likeness (QED) is 0.498. The highest BCUT2D eigenvalue weighted by Crippen LogP contribution is 2.22. The van der Waals surface area contributed by atoms with Crippen LogP contribution < -0.4 is 10.1 Å². The van der Waals surface area contributed by atoms with Crippen molar-refractivity contribution in [3.05, 3.63) is 65.2 Å². The molecule has 1 heterocycles. The van der Waals surface area contributed by atoms with Crippen LogP contribution >= 0.6 is 0 Å². The van der Waals surface area contributed by atoms with Crippen molar-refractivity contribution in [3.63, 3.8) is 0 Å². The maximum atomic E-state index is 12.2. The first-order valence-electron chi connectivity index (χ1n) is 9.50. The van der Waals surface area contributed by atoms with Gasteiger partial charge in [-0.05, 0) is 30.2 Å². The number of benzene rings is 2. The number of rotatable bonds is 9. The zero-order valence-corrected chi connectivity index (χ0v) is 16.6. The van der Waals surface area contributed by atoms with Crippen molar-refractivity contribution >= 4 is 23.7 Å². The van der Waals surface area contributed by atoms with Crippen molar-refractivity contribution < 1.29 is 28.7 Å². The third kappa shape index (κ3) is 4.83. The number of nitrogens with one attached hydrogen (secondary N) is 1. The Morgan fingerprint density at radius 1 is 0.967 bits per heavy atom. The summed E-state index contributed by atoms with van der Waals surface area (Å²) in [7, 11) is 1.58. The lowest BCUT2D eigenvalue weighted by atomic mass is 10.1. The molecule has 0 spiro atoms. The lowest BCUT2D eigenvalue weighted by Gasteiger charge is -2.13. The summed E-state index contributed by atoms with van der Waals surface area (Å²) >= 11 is 0. The van der Waals surface area contributed by atoms with Gasteiger partial charge < -0.3 is 14.8 Å². The summed E-state index contributed by atoms with van der Waals surface area (Å²) in [6.07, 6.45) is 0.392. The molecule has 0 saturated carbocycles. The van der Waals surface area contributed by atoms with E-state index >= 15 is 0 Å². The van der Waals surface area contributed by atoms with E-state index in [1.165, 1.54) is 0 Å². The van der Waals surface area contributed by atoms with Gasteiger partial charge in [0.05, 0.1) is 24.7 Å². The van der Waals surface area contributed by atoms with E-state index in [0.717, 1.165) is 16.2 Å². The van der Waals surface area contributed by atoms with Crippen molar-refractivity contribution in [1.82, 2.24) is 10.2 Å². The number of hydrogen-bond donors (Lipinski definition) is 1. The predicted molar refractivity (Wildman–Crippen MR) is 107 cm³/mol. The molecule has 0 bridgehead atoms. The maximum absolute atomic E-state index is 12.2. The largest absolute Gasteiger partial charge is 0.496 e. The lowest BCUT2D eigenvalue weighted by molar-refractivity contribution is -0.148. The second-order valence-electron chi connectivity index (χ2n) is 6.63. The summed E-state index contributed by atoms with van der Waals surface area (Å²) in [5, 5.41) is 2.67. The third-order valence-corrected chi connectivity index (χ3v) is 4.69. The van der Waals surface area contributed by atoms with Crippen LogP contribution in [0.1, 0.15) is 32.7 Å². The summed E-state index contributed by atoms with van der Waals surface area (Å²) in [5.74, 6) is -1.22. The van der Waals surface area contributed by atoms with Crippen LogP contribution in [-0.4, -0.2) is 55.4 Å². The molecule has 0 saturated heterocycles. The van der Waals surface area contributed by atoms with Crippen LogP contribution in [0.15, 0.2) is 48.5 Å². The van der Waals surface area contributed by atoms with E-state index in [-0.39, 0.29) is 13.0 Å². The molecule has 0 aromatic heterocycles. The van der Waals surface area contributed by atoms with Gasteiger partial charge in [-0.25, -0.2) is 0 Å². The van der Waals surface area contributed by atoms with Gasteiger partial charge in [-0.3, -0.25) is 24.1 Å². The van der Waals surface area contributed by atoms with Crippen molar-refractivity contribution in [2.24, 2.45) is 0 Å². The number of imide groups is 1. The maximum Gasteiger partial charge on any atom is 0.308 e. The fourth-order valence-corrected chi connectivity index (χ4v) is 3.16. The molecule has 0 atom stereocenters. The van der Waals surface area contributed by atoms with Crippen LogP contribution in [0.4, 0.5) is 0 Å². The molecule has 2 aromatic rings. The first-order valence-corrected chi connectivity index (χ1v) is 9.50. The molecule has 30 heavy (non-hydrogen) atoms. The van der Waals surface area contributed by atoms with E-state index in [1.807, 2.05) is 24.3 Å². The van der Waals surface area contributed by atoms with E-state index in [4.69, 9.17) is 9.47 Å². The first kappa shape index (κ1) is 21.0. The minimum Gasteiger partial charge on any atom is -0.496 e. The van der Waals surface area contributed by atoms with Crippen molar-refractivity contribution in [3.8, 4) is 5.75 Å². The zero-order valence-electron chi connectivity index (χ0n) is 16.6. The molecular formula is C22H22N2O6. The number of amides is 3. The average Bonchev–Trinajstić information content (AvgIpc) is 3.01. The molecule has 0 radical (unpaired) electrons. The van der Waals surface area contributed by atoms with Gasteiger partial charge in [0.2, 0.25) is 0 Å². The van der Waals surface area contributed by atoms with Crippen molar-refractivity contribution in [1.29, 1.82) is 0 Å². The van der Waals surface area contributed by atoms with Crippen molar-refractivity contribution in [2.75, 3.05) is 26.8 Å². The molecule has 156 valence electrons. The van der Waals surface area contributed by atoms with Gasteiger partial charge in [0.15, 0.2) is 6.61 Å². The molecule has 1 N–H and O–H groups in total. The summed E-state index contributed by atoms with van der Waals surface area (Å²) in [6, 6.07) is 14.0. The van der Waals surface area contributed by atoms with Crippen LogP contribution in [0.2, 0.25) is 0 Å². The number of nitrogens with zero attached hydrogens (tertiary/aromatic N) is 1. The SMILES string of the molecule is COc1ccccc1CCNC(=O)COC(=O)CCN1C(=O)c2ccccc2C1=O. The number of esters is 1. The Morgan fingerprint density at radius 2 is 1.60 bits per heavy atom. The summed E-state index contributed by atoms with van der Waals surface area (Å²) in [4.78, 5) is 49.3. The molecule has 0 fully saturated rings. The third-order valence-electron chi connectivity index (χ3n) is 4.69. The van der Waals surface area contributed by atoms with E-state index in [0.29, 0.717) is 24.1 Å². The molecule has 8 heteroatoms. The fourth-order valence-electron chi connectivity index (χ4n) is 3.16. The minimum atomic E-state index is -0.661. The Morgan fingerprint density at radius 3 is 2.27 bits per heavy atom. The highest BCUT2D eigenvalue weighted by molar-refractivity contribution is 6.21. The molecule has 2 aromatic carbocycles. The first-order chi connectivity index (χ1) is 14.5. The van der Waals surface area contributed by atoms with Gasteiger partial charge >= 0.3 is 5.97 Å². The predicted octanol–water partition coefficient (Wildman–Crippen LogP) is 1.58. The van der Waals surface area contributed by atoms with E-state index in [1.54, 1.807) is 31.4 Å². The van der Waals surface area contributed by atoms with E-state index in [2.05, 4.69) is 5.32 Å². The lowest BCUT2D eigenvalue weighted by Crippen LogP contribution is -2.33. The number of ether oxygens (including phenoxy) is 2. The Bertz CT molecular complexity index is 937. The molecule has 3 amide bonds.